The minimum absolute atomic E-state index is 0.253. The predicted molar refractivity (Wildman–Crippen MR) is 90.8 cm³/mol. The number of halogens is 1. The van der Waals surface area contributed by atoms with Crippen LogP contribution in [0.2, 0.25) is 0 Å². The monoisotopic (exact) mass is 320 g/mol. The van der Waals surface area contributed by atoms with E-state index in [1.807, 2.05) is 0 Å². The van der Waals surface area contributed by atoms with Crippen molar-refractivity contribution in [3.05, 3.63) is 35.6 Å². The summed E-state index contributed by atoms with van der Waals surface area (Å²) in [5.74, 6) is 0.650. The fraction of sp³-hybridized carbons (Fsp3) is 0.684. The molecule has 1 saturated carbocycles. The van der Waals surface area contributed by atoms with Crippen LogP contribution in [0.4, 0.5) is 4.39 Å². The van der Waals surface area contributed by atoms with Crippen molar-refractivity contribution in [2.24, 2.45) is 5.92 Å². The SMILES string of the molecule is OC(CN1CCN(CC2CCCCC2)CC1)c1ccc(F)cc1. The van der Waals surface area contributed by atoms with Crippen LogP contribution in [-0.4, -0.2) is 54.2 Å². The lowest BCUT2D eigenvalue weighted by Crippen LogP contribution is -2.48. The molecule has 1 N–H and O–H groups in total. The molecule has 3 rings (SSSR count). The van der Waals surface area contributed by atoms with E-state index < -0.39 is 6.10 Å². The number of aliphatic hydroxyl groups is 1. The van der Waals surface area contributed by atoms with Gasteiger partial charge >= 0.3 is 0 Å². The molecule has 1 aliphatic carbocycles. The summed E-state index contributed by atoms with van der Waals surface area (Å²) in [7, 11) is 0. The Kier molecular flexibility index (Phi) is 6.03. The Labute approximate surface area is 139 Å². The van der Waals surface area contributed by atoms with Crippen LogP contribution in [0.5, 0.6) is 0 Å². The molecule has 1 heterocycles. The minimum atomic E-state index is -0.527. The number of hydrogen-bond donors (Lipinski definition) is 1. The molecule has 128 valence electrons. The smallest absolute Gasteiger partial charge is 0.123 e. The molecule has 1 unspecified atom stereocenters. The molecular weight excluding hydrogens is 291 g/mol. The fourth-order valence-electron chi connectivity index (χ4n) is 3.92. The number of nitrogens with zero attached hydrogens (tertiary/aromatic N) is 2. The molecule has 4 heteroatoms. The molecule has 2 fully saturated rings. The quantitative estimate of drug-likeness (QED) is 0.903. The molecule has 0 radical (unpaired) electrons. The van der Waals surface area contributed by atoms with Crippen molar-refractivity contribution < 1.29 is 9.50 Å². The molecule has 0 bridgehead atoms. The van der Waals surface area contributed by atoms with Crippen LogP contribution in [0.1, 0.15) is 43.8 Å². The highest BCUT2D eigenvalue weighted by atomic mass is 19.1. The highest BCUT2D eigenvalue weighted by Crippen LogP contribution is 2.25. The average molecular weight is 320 g/mol. The van der Waals surface area contributed by atoms with Crippen molar-refractivity contribution in [2.75, 3.05) is 39.3 Å². The van der Waals surface area contributed by atoms with E-state index in [1.54, 1.807) is 12.1 Å². The van der Waals surface area contributed by atoms with Crippen LogP contribution in [0.15, 0.2) is 24.3 Å². The van der Waals surface area contributed by atoms with E-state index in [2.05, 4.69) is 9.80 Å². The lowest BCUT2D eigenvalue weighted by atomic mass is 9.89. The number of piperazine rings is 1. The maximum absolute atomic E-state index is 12.9. The van der Waals surface area contributed by atoms with Crippen molar-refractivity contribution in [3.8, 4) is 0 Å². The Morgan fingerprint density at radius 3 is 2.22 bits per heavy atom. The second-order valence-electron chi connectivity index (χ2n) is 7.17. The normalized spacial score (nSPS) is 23.0. The van der Waals surface area contributed by atoms with Gasteiger partial charge in [0.05, 0.1) is 6.10 Å². The van der Waals surface area contributed by atoms with E-state index >= 15 is 0 Å². The summed E-state index contributed by atoms with van der Waals surface area (Å²) in [6.45, 7) is 6.15. The molecule has 1 atom stereocenters. The van der Waals surface area contributed by atoms with Gasteiger partial charge in [0.1, 0.15) is 5.82 Å². The summed E-state index contributed by atoms with van der Waals surface area (Å²) in [5, 5.41) is 10.3. The van der Waals surface area contributed by atoms with Gasteiger partial charge in [-0.2, -0.15) is 0 Å². The summed E-state index contributed by atoms with van der Waals surface area (Å²) in [6, 6.07) is 6.19. The maximum atomic E-state index is 12.9. The average Bonchev–Trinajstić information content (AvgIpc) is 2.58. The fourth-order valence-corrected chi connectivity index (χ4v) is 3.92. The number of β-amino-alcohol motifs (C(OH)–C–C–N with tert-alkyl or cyclic N) is 1. The Morgan fingerprint density at radius 1 is 0.957 bits per heavy atom. The van der Waals surface area contributed by atoms with Crippen LogP contribution in [0.25, 0.3) is 0 Å². The van der Waals surface area contributed by atoms with Gasteiger partial charge in [0.2, 0.25) is 0 Å². The number of aliphatic hydroxyl groups excluding tert-OH is 1. The topological polar surface area (TPSA) is 26.7 Å². The summed E-state index contributed by atoms with van der Waals surface area (Å²) in [6.07, 6.45) is 6.53. The number of benzene rings is 1. The first-order valence-corrected chi connectivity index (χ1v) is 9.09. The largest absolute Gasteiger partial charge is 0.387 e. The van der Waals surface area contributed by atoms with E-state index in [-0.39, 0.29) is 5.82 Å². The molecule has 0 spiro atoms. The van der Waals surface area contributed by atoms with Gasteiger partial charge < -0.3 is 10.0 Å². The van der Waals surface area contributed by atoms with Gasteiger partial charge in [-0.3, -0.25) is 4.90 Å². The highest BCUT2D eigenvalue weighted by Gasteiger charge is 2.23. The summed E-state index contributed by atoms with van der Waals surface area (Å²) in [5.41, 5.74) is 0.802. The molecule has 0 amide bonds. The van der Waals surface area contributed by atoms with Crippen molar-refractivity contribution in [3.63, 3.8) is 0 Å². The Hall–Kier alpha value is -0.970. The van der Waals surface area contributed by atoms with Gasteiger partial charge in [0, 0.05) is 39.3 Å². The first-order valence-electron chi connectivity index (χ1n) is 9.09. The zero-order valence-corrected chi connectivity index (χ0v) is 14.0. The third-order valence-corrected chi connectivity index (χ3v) is 5.39. The minimum Gasteiger partial charge on any atom is -0.387 e. The van der Waals surface area contributed by atoms with Gasteiger partial charge in [0.15, 0.2) is 0 Å². The first-order chi connectivity index (χ1) is 11.2. The van der Waals surface area contributed by atoms with E-state index in [0.29, 0.717) is 6.54 Å². The van der Waals surface area contributed by atoms with Gasteiger partial charge in [-0.05, 0) is 36.5 Å². The van der Waals surface area contributed by atoms with Crippen molar-refractivity contribution >= 4 is 0 Å². The van der Waals surface area contributed by atoms with Crippen LogP contribution in [0.3, 0.4) is 0 Å². The lowest BCUT2D eigenvalue weighted by molar-refractivity contribution is 0.0642. The van der Waals surface area contributed by atoms with Crippen LogP contribution >= 0.6 is 0 Å². The van der Waals surface area contributed by atoms with Gasteiger partial charge in [0.25, 0.3) is 0 Å². The van der Waals surface area contributed by atoms with Gasteiger partial charge in [-0.15, -0.1) is 0 Å². The zero-order chi connectivity index (χ0) is 16.1. The second-order valence-corrected chi connectivity index (χ2v) is 7.17. The Balaban J connectivity index is 1.40. The predicted octanol–water partition coefficient (Wildman–Crippen LogP) is 3.06. The second kappa shape index (κ2) is 8.22. The van der Waals surface area contributed by atoms with Crippen LogP contribution in [0, 0.1) is 11.7 Å². The summed E-state index contributed by atoms with van der Waals surface area (Å²) in [4.78, 5) is 4.92. The third kappa shape index (κ3) is 5.00. The van der Waals surface area contributed by atoms with Gasteiger partial charge in [-0.25, -0.2) is 4.39 Å². The van der Waals surface area contributed by atoms with Crippen molar-refractivity contribution in [1.82, 2.24) is 9.80 Å². The van der Waals surface area contributed by atoms with E-state index in [1.165, 1.54) is 50.8 Å². The molecule has 23 heavy (non-hydrogen) atoms. The van der Waals surface area contributed by atoms with E-state index in [9.17, 15) is 9.50 Å². The van der Waals surface area contributed by atoms with Gasteiger partial charge in [-0.1, -0.05) is 31.4 Å². The van der Waals surface area contributed by atoms with E-state index in [0.717, 1.165) is 37.7 Å². The van der Waals surface area contributed by atoms with Crippen molar-refractivity contribution in [1.29, 1.82) is 0 Å². The standard InChI is InChI=1S/C19H29FN2O/c20-18-8-6-17(7-9-18)19(23)15-22-12-10-21(11-13-22)14-16-4-2-1-3-5-16/h6-9,16,19,23H,1-5,10-15H2. The number of rotatable bonds is 5. The number of hydrogen-bond acceptors (Lipinski definition) is 3. The van der Waals surface area contributed by atoms with Crippen molar-refractivity contribution in [2.45, 2.75) is 38.2 Å². The Bertz CT molecular complexity index is 465. The summed E-state index contributed by atoms with van der Waals surface area (Å²) < 4.78 is 12.9. The molecule has 1 aromatic rings. The van der Waals surface area contributed by atoms with E-state index in [4.69, 9.17) is 0 Å². The summed E-state index contributed by atoms with van der Waals surface area (Å²) >= 11 is 0. The molecule has 3 nitrogen and oxygen atoms in total. The third-order valence-electron chi connectivity index (χ3n) is 5.39. The lowest BCUT2D eigenvalue weighted by Gasteiger charge is -2.38. The Morgan fingerprint density at radius 2 is 1.57 bits per heavy atom. The first kappa shape index (κ1) is 16.9. The molecule has 0 aromatic heterocycles. The molecule has 1 aliphatic heterocycles. The molecule has 1 saturated heterocycles. The maximum Gasteiger partial charge on any atom is 0.123 e. The molecule has 1 aromatic carbocycles. The van der Waals surface area contributed by atoms with Crippen LogP contribution in [-0.2, 0) is 0 Å². The molecular formula is C19H29FN2O. The zero-order valence-electron chi connectivity index (χ0n) is 14.0. The molecule has 2 aliphatic rings. The highest BCUT2D eigenvalue weighted by molar-refractivity contribution is 5.18. The van der Waals surface area contributed by atoms with Crippen LogP contribution < -0.4 is 0 Å².